The van der Waals surface area contributed by atoms with Crippen molar-refractivity contribution in [3.63, 3.8) is 0 Å². The number of halogens is 1. The standard InChI is InChI=1S/C22H14ClN3O3S/c1-12-4-2-5-13-9-16(22(27)28-20(12)13)17-11-30-19(24-17)10-18-25-21(26-29-18)14-6-3-7-15(23)8-14/h2-9,11H,10H2,1H3. The van der Waals surface area contributed by atoms with Gasteiger partial charge >= 0.3 is 5.63 Å². The minimum Gasteiger partial charge on any atom is -0.422 e. The molecule has 0 saturated carbocycles. The number of fused-ring (bicyclic) bond motifs is 1. The molecule has 3 heterocycles. The van der Waals surface area contributed by atoms with E-state index in [2.05, 4.69) is 15.1 Å². The van der Waals surface area contributed by atoms with Crippen molar-refractivity contribution in [3.8, 4) is 22.6 Å². The second-order valence-electron chi connectivity index (χ2n) is 6.77. The molecule has 5 rings (SSSR count). The van der Waals surface area contributed by atoms with Crippen molar-refractivity contribution in [2.45, 2.75) is 13.3 Å². The third-order valence-corrected chi connectivity index (χ3v) is 5.72. The van der Waals surface area contributed by atoms with Crippen LogP contribution >= 0.6 is 22.9 Å². The van der Waals surface area contributed by atoms with Gasteiger partial charge in [-0.25, -0.2) is 9.78 Å². The average molecular weight is 436 g/mol. The lowest BCUT2D eigenvalue weighted by Gasteiger charge is -2.02. The largest absolute Gasteiger partial charge is 0.422 e. The van der Waals surface area contributed by atoms with Gasteiger partial charge in [0.15, 0.2) is 0 Å². The van der Waals surface area contributed by atoms with E-state index in [1.165, 1.54) is 11.3 Å². The van der Waals surface area contributed by atoms with E-state index >= 15 is 0 Å². The molecule has 0 saturated heterocycles. The summed E-state index contributed by atoms with van der Waals surface area (Å²) in [5, 5.41) is 8.07. The first kappa shape index (κ1) is 18.7. The van der Waals surface area contributed by atoms with Crippen molar-refractivity contribution in [3.05, 3.63) is 85.8 Å². The summed E-state index contributed by atoms with van der Waals surface area (Å²) in [6.07, 6.45) is 0.371. The van der Waals surface area contributed by atoms with Crippen molar-refractivity contribution in [2.75, 3.05) is 0 Å². The Hall–Kier alpha value is -3.29. The molecule has 8 heteroatoms. The summed E-state index contributed by atoms with van der Waals surface area (Å²) in [4.78, 5) is 21.5. The lowest BCUT2D eigenvalue weighted by atomic mass is 10.1. The first-order valence-electron chi connectivity index (χ1n) is 9.13. The van der Waals surface area contributed by atoms with Gasteiger partial charge in [-0.2, -0.15) is 4.98 Å². The summed E-state index contributed by atoms with van der Waals surface area (Å²) in [5.74, 6) is 0.905. The highest BCUT2D eigenvalue weighted by atomic mass is 35.5. The third-order valence-electron chi connectivity index (χ3n) is 4.64. The van der Waals surface area contributed by atoms with Crippen LogP contribution in [0.1, 0.15) is 16.5 Å². The van der Waals surface area contributed by atoms with E-state index in [0.29, 0.717) is 40.0 Å². The molecule has 0 bridgehead atoms. The first-order valence-corrected chi connectivity index (χ1v) is 10.4. The molecule has 30 heavy (non-hydrogen) atoms. The maximum Gasteiger partial charge on any atom is 0.345 e. The van der Waals surface area contributed by atoms with Gasteiger partial charge in [0.25, 0.3) is 0 Å². The van der Waals surface area contributed by atoms with E-state index < -0.39 is 5.63 Å². The number of aryl methyl sites for hydroxylation is 1. The van der Waals surface area contributed by atoms with Gasteiger partial charge in [-0.3, -0.25) is 0 Å². The second-order valence-corrected chi connectivity index (χ2v) is 8.15. The molecule has 6 nitrogen and oxygen atoms in total. The minimum atomic E-state index is -0.408. The Kier molecular flexibility index (Phi) is 4.69. The Morgan fingerprint density at radius 3 is 2.83 bits per heavy atom. The van der Waals surface area contributed by atoms with Crippen molar-refractivity contribution >= 4 is 33.9 Å². The monoisotopic (exact) mass is 435 g/mol. The molecule has 5 aromatic rings. The van der Waals surface area contributed by atoms with Gasteiger partial charge in [0.05, 0.1) is 17.7 Å². The smallest absolute Gasteiger partial charge is 0.345 e. The Morgan fingerprint density at radius 2 is 1.97 bits per heavy atom. The molecule has 0 aliphatic rings. The van der Waals surface area contributed by atoms with Crippen LogP contribution in [-0.4, -0.2) is 15.1 Å². The Bertz CT molecular complexity index is 1440. The summed E-state index contributed by atoms with van der Waals surface area (Å²) >= 11 is 7.45. The molecule has 148 valence electrons. The van der Waals surface area contributed by atoms with Crippen LogP contribution in [0.3, 0.4) is 0 Å². The van der Waals surface area contributed by atoms with Gasteiger partial charge in [0.1, 0.15) is 10.6 Å². The first-order chi connectivity index (χ1) is 14.6. The van der Waals surface area contributed by atoms with Crippen LogP contribution in [-0.2, 0) is 6.42 Å². The highest BCUT2D eigenvalue weighted by Crippen LogP contribution is 2.26. The molecule has 0 fully saturated rings. The number of aromatic nitrogens is 3. The predicted octanol–water partition coefficient (Wildman–Crippen LogP) is 5.52. The molecule has 0 radical (unpaired) electrons. The maximum atomic E-state index is 12.5. The summed E-state index contributed by atoms with van der Waals surface area (Å²) < 4.78 is 10.9. The summed E-state index contributed by atoms with van der Waals surface area (Å²) in [7, 11) is 0. The molecule has 0 atom stereocenters. The number of hydrogen-bond acceptors (Lipinski definition) is 7. The van der Waals surface area contributed by atoms with Crippen molar-refractivity contribution in [1.29, 1.82) is 0 Å². The van der Waals surface area contributed by atoms with Crippen LogP contribution in [0.25, 0.3) is 33.6 Å². The summed E-state index contributed by atoms with van der Waals surface area (Å²) in [6.45, 7) is 1.91. The zero-order valence-corrected chi connectivity index (χ0v) is 17.3. The zero-order chi connectivity index (χ0) is 20.7. The van der Waals surface area contributed by atoms with Crippen molar-refractivity contribution < 1.29 is 8.94 Å². The van der Waals surface area contributed by atoms with Gasteiger partial charge in [-0.1, -0.05) is 47.1 Å². The SMILES string of the molecule is Cc1cccc2cc(-c3csc(Cc4nc(-c5cccc(Cl)c5)no4)n3)c(=O)oc12. The average Bonchev–Trinajstić information content (AvgIpc) is 3.38. The van der Waals surface area contributed by atoms with E-state index in [0.717, 1.165) is 21.5 Å². The van der Waals surface area contributed by atoms with E-state index in [9.17, 15) is 4.79 Å². The van der Waals surface area contributed by atoms with Crippen LogP contribution in [0.15, 0.2) is 67.6 Å². The molecule has 3 aromatic heterocycles. The van der Waals surface area contributed by atoms with Crippen LogP contribution in [0, 0.1) is 6.92 Å². The Balaban J connectivity index is 1.42. The van der Waals surface area contributed by atoms with Gasteiger partial charge in [0, 0.05) is 21.4 Å². The molecule has 0 spiro atoms. The molecule has 2 aromatic carbocycles. The van der Waals surface area contributed by atoms with Crippen LogP contribution < -0.4 is 5.63 Å². The lowest BCUT2D eigenvalue weighted by Crippen LogP contribution is -2.03. The number of rotatable bonds is 4. The fraction of sp³-hybridized carbons (Fsp3) is 0.0909. The number of benzene rings is 2. The van der Waals surface area contributed by atoms with E-state index in [1.54, 1.807) is 12.1 Å². The number of nitrogens with zero attached hydrogens (tertiary/aromatic N) is 3. The summed E-state index contributed by atoms with van der Waals surface area (Å²) in [6, 6.07) is 14.8. The lowest BCUT2D eigenvalue weighted by molar-refractivity contribution is 0.385. The highest BCUT2D eigenvalue weighted by Gasteiger charge is 2.15. The van der Waals surface area contributed by atoms with Gasteiger partial charge in [0.2, 0.25) is 11.7 Å². The number of para-hydroxylation sites is 1. The topological polar surface area (TPSA) is 82.0 Å². The summed E-state index contributed by atoms with van der Waals surface area (Å²) in [5.41, 5.74) is 2.89. The van der Waals surface area contributed by atoms with Crippen LogP contribution in [0.5, 0.6) is 0 Å². The fourth-order valence-corrected chi connectivity index (χ4v) is 4.16. The Morgan fingerprint density at radius 1 is 1.10 bits per heavy atom. The van der Waals surface area contributed by atoms with Gasteiger partial charge in [-0.15, -0.1) is 11.3 Å². The van der Waals surface area contributed by atoms with Crippen molar-refractivity contribution in [1.82, 2.24) is 15.1 Å². The third kappa shape index (κ3) is 3.53. The van der Waals surface area contributed by atoms with Gasteiger partial charge in [-0.05, 0) is 30.7 Å². The normalized spacial score (nSPS) is 11.3. The molecule has 0 N–H and O–H groups in total. The number of hydrogen-bond donors (Lipinski definition) is 0. The Labute approximate surface area is 179 Å². The number of thiazole rings is 1. The molecular formula is C22H14ClN3O3S. The predicted molar refractivity (Wildman–Crippen MR) is 116 cm³/mol. The minimum absolute atomic E-state index is 0.371. The zero-order valence-electron chi connectivity index (χ0n) is 15.8. The molecular weight excluding hydrogens is 422 g/mol. The molecule has 0 unspecified atom stereocenters. The van der Waals surface area contributed by atoms with E-state index in [4.69, 9.17) is 20.5 Å². The van der Waals surface area contributed by atoms with Gasteiger partial charge < -0.3 is 8.94 Å². The van der Waals surface area contributed by atoms with E-state index in [-0.39, 0.29) is 0 Å². The highest BCUT2D eigenvalue weighted by molar-refractivity contribution is 7.10. The fourth-order valence-electron chi connectivity index (χ4n) is 3.19. The van der Waals surface area contributed by atoms with E-state index in [1.807, 2.05) is 48.7 Å². The maximum absolute atomic E-state index is 12.5. The second kappa shape index (κ2) is 7.51. The van der Waals surface area contributed by atoms with Crippen LogP contribution in [0.2, 0.25) is 5.02 Å². The van der Waals surface area contributed by atoms with Crippen molar-refractivity contribution in [2.24, 2.45) is 0 Å². The molecule has 0 amide bonds. The molecule has 0 aliphatic carbocycles. The molecule has 0 aliphatic heterocycles. The quantitative estimate of drug-likeness (QED) is 0.346. The van der Waals surface area contributed by atoms with Crippen LogP contribution in [0.4, 0.5) is 0 Å².